The third kappa shape index (κ3) is 3.79. The highest BCUT2D eigenvalue weighted by atomic mass is 19.1. The lowest BCUT2D eigenvalue weighted by Gasteiger charge is -2.22. The number of aromatic nitrogens is 3. The fourth-order valence-electron chi connectivity index (χ4n) is 3.03. The first-order valence-corrected chi connectivity index (χ1v) is 8.24. The minimum absolute atomic E-state index is 0.0233. The number of nitrogens with one attached hydrogen (secondary N) is 2. The molecule has 1 aromatic carbocycles. The van der Waals surface area contributed by atoms with Crippen LogP contribution in [0.2, 0.25) is 0 Å². The van der Waals surface area contributed by atoms with Crippen LogP contribution in [0.4, 0.5) is 4.39 Å². The topological polar surface area (TPSA) is 73.9 Å². The molecule has 0 aliphatic carbocycles. The molecular formula is C17H22FN5O. The van der Waals surface area contributed by atoms with Gasteiger partial charge in [0.05, 0.1) is 12.6 Å². The molecule has 1 aromatic heterocycles. The van der Waals surface area contributed by atoms with Gasteiger partial charge in [0.2, 0.25) is 5.91 Å². The maximum absolute atomic E-state index is 13.0. The van der Waals surface area contributed by atoms with E-state index in [0.29, 0.717) is 12.4 Å². The molecular weight excluding hydrogens is 309 g/mol. The summed E-state index contributed by atoms with van der Waals surface area (Å²) < 4.78 is 13.0. The number of halogens is 1. The quantitative estimate of drug-likeness (QED) is 0.881. The smallest absolute Gasteiger partial charge is 0.234 e. The number of amides is 1. The van der Waals surface area contributed by atoms with Crippen molar-refractivity contribution in [3.8, 4) is 11.4 Å². The molecule has 128 valence electrons. The van der Waals surface area contributed by atoms with Crippen molar-refractivity contribution >= 4 is 5.91 Å². The van der Waals surface area contributed by atoms with Gasteiger partial charge in [0, 0.05) is 11.6 Å². The van der Waals surface area contributed by atoms with Crippen LogP contribution in [-0.4, -0.2) is 45.1 Å². The van der Waals surface area contributed by atoms with E-state index in [0.717, 1.165) is 30.8 Å². The molecule has 2 aromatic rings. The monoisotopic (exact) mass is 331 g/mol. The molecule has 6 nitrogen and oxygen atoms in total. The minimum Gasteiger partial charge on any atom is -0.353 e. The summed E-state index contributed by atoms with van der Waals surface area (Å²) in [6, 6.07) is 6.29. The van der Waals surface area contributed by atoms with Gasteiger partial charge >= 0.3 is 0 Å². The number of hydrogen-bond donors (Lipinski definition) is 2. The number of carbonyl (C=O) groups is 1. The lowest BCUT2D eigenvalue weighted by molar-refractivity contribution is -0.123. The Morgan fingerprint density at radius 1 is 1.42 bits per heavy atom. The molecule has 3 rings (SSSR count). The van der Waals surface area contributed by atoms with Gasteiger partial charge in [-0.15, -0.1) is 0 Å². The lowest BCUT2D eigenvalue weighted by Crippen LogP contribution is -2.40. The molecule has 2 N–H and O–H groups in total. The van der Waals surface area contributed by atoms with Crippen LogP contribution in [0.3, 0.4) is 0 Å². The third-order valence-electron chi connectivity index (χ3n) is 4.08. The molecule has 1 atom stereocenters. The number of rotatable bonds is 5. The second-order valence-corrected chi connectivity index (χ2v) is 6.40. The maximum Gasteiger partial charge on any atom is 0.234 e. The SMILES string of the molecule is CC(C)NC(=O)CN1CCC[C@@H]1c1nc(-c2ccc(F)cc2)n[nH]1. The van der Waals surface area contributed by atoms with Crippen LogP contribution in [0.25, 0.3) is 11.4 Å². The van der Waals surface area contributed by atoms with Crippen molar-refractivity contribution in [3.63, 3.8) is 0 Å². The van der Waals surface area contributed by atoms with Gasteiger partial charge in [-0.1, -0.05) is 0 Å². The summed E-state index contributed by atoms with van der Waals surface area (Å²) in [7, 11) is 0. The van der Waals surface area contributed by atoms with E-state index in [2.05, 4.69) is 25.4 Å². The second kappa shape index (κ2) is 7.09. The zero-order valence-corrected chi connectivity index (χ0v) is 13.9. The summed E-state index contributed by atoms with van der Waals surface area (Å²) in [6.45, 7) is 5.12. The summed E-state index contributed by atoms with van der Waals surface area (Å²) in [4.78, 5) is 18.7. The summed E-state index contributed by atoms with van der Waals surface area (Å²) in [5.41, 5.74) is 0.765. The van der Waals surface area contributed by atoms with Crippen molar-refractivity contribution in [2.45, 2.75) is 38.8 Å². The van der Waals surface area contributed by atoms with E-state index in [1.165, 1.54) is 12.1 Å². The van der Waals surface area contributed by atoms with E-state index in [-0.39, 0.29) is 23.8 Å². The van der Waals surface area contributed by atoms with Crippen LogP contribution in [0.5, 0.6) is 0 Å². The van der Waals surface area contributed by atoms with Gasteiger partial charge < -0.3 is 5.32 Å². The van der Waals surface area contributed by atoms with Gasteiger partial charge in [-0.05, 0) is 57.5 Å². The molecule has 0 unspecified atom stereocenters. The fourth-order valence-corrected chi connectivity index (χ4v) is 3.03. The number of carbonyl (C=O) groups excluding carboxylic acids is 1. The van der Waals surface area contributed by atoms with Crippen molar-refractivity contribution in [2.24, 2.45) is 0 Å². The van der Waals surface area contributed by atoms with Crippen LogP contribution >= 0.6 is 0 Å². The largest absolute Gasteiger partial charge is 0.353 e. The van der Waals surface area contributed by atoms with Crippen LogP contribution in [0.1, 0.15) is 38.6 Å². The average molecular weight is 331 g/mol. The molecule has 2 heterocycles. The molecule has 1 aliphatic rings. The van der Waals surface area contributed by atoms with E-state index in [9.17, 15) is 9.18 Å². The predicted octanol–water partition coefficient (Wildman–Crippen LogP) is 2.27. The Morgan fingerprint density at radius 3 is 2.88 bits per heavy atom. The molecule has 1 fully saturated rings. The van der Waals surface area contributed by atoms with E-state index >= 15 is 0 Å². The van der Waals surface area contributed by atoms with Crippen LogP contribution < -0.4 is 5.32 Å². The van der Waals surface area contributed by atoms with Crippen molar-refractivity contribution in [1.29, 1.82) is 0 Å². The highest BCUT2D eigenvalue weighted by molar-refractivity contribution is 5.78. The first kappa shape index (κ1) is 16.6. The zero-order chi connectivity index (χ0) is 17.1. The minimum atomic E-state index is -0.285. The summed E-state index contributed by atoms with van der Waals surface area (Å²) in [6.07, 6.45) is 1.96. The number of H-pyrrole nitrogens is 1. The molecule has 1 saturated heterocycles. The first-order valence-electron chi connectivity index (χ1n) is 8.24. The molecule has 0 bridgehead atoms. The first-order chi connectivity index (χ1) is 11.5. The lowest BCUT2D eigenvalue weighted by atomic mass is 10.2. The second-order valence-electron chi connectivity index (χ2n) is 6.40. The Kier molecular flexibility index (Phi) is 4.89. The van der Waals surface area contributed by atoms with Crippen molar-refractivity contribution in [2.75, 3.05) is 13.1 Å². The van der Waals surface area contributed by atoms with Gasteiger partial charge in [-0.2, -0.15) is 5.10 Å². The molecule has 0 saturated carbocycles. The van der Waals surface area contributed by atoms with E-state index in [4.69, 9.17) is 0 Å². The Balaban J connectivity index is 1.71. The standard InChI is InChI=1S/C17H22FN5O/c1-11(2)19-15(24)10-23-9-3-4-14(23)17-20-16(21-22-17)12-5-7-13(18)8-6-12/h5-8,11,14H,3-4,9-10H2,1-2H3,(H,19,24)(H,20,21,22)/t14-/m1/s1. The van der Waals surface area contributed by atoms with Crippen molar-refractivity contribution in [1.82, 2.24) is 25.4 Å². The number of nitrogens with zero attached hydrogens (tertiary/aromatic N) is 3. The van der Waals surface area contributed by atoms with Gasteiger partial charge in [0.15, 0.2) is 5.82 Å². The Labute approximate surface area is 140 Å². The van der Waals surface area contributed by atoms with E-state index < -0.39 is 0 Å². The molecule has 7 heteroatoms. The summed E-state index contributed by atoms with van der Waals surface area (Å²) in [5, 5.41) is 10.1. The molecule has 24 heavy (non-hydrogen) atoms. The molecule has 0 spiro atoms. The molecule has 0 radical (unpaired) electrons. The third-order valence-corrected chi connectivity index (χ3v) is 4.08. The highest BCUT2D eigenvalue weighted by Crippen LogP contribution is 2.30. The van der Waals surface area contributed by atoms with Gasteiger partial charge in [-0.3, -0.25) is 14.8 Å². The summed E-state index contributed by atoms with van der Waals surface area (Å²) >= 11 is 0. The number of hydrogen-bond acceptors (Lipinski definition) is 4. The van der Waals surface area contributed by atoms with Gasteiger partial charge in [0.1, 0.15) is 11.6 Å². The van der Waals surface area contributed by atoms with E-state index in [1.807, 2.05) is 13.8 Å². The number of likely N-dealkylation sites (tertiary alicyclic amines) is 1. The summed E-state index contributed by atoms with van der Waals surface area (Å²) in [5.74, 6) is 1.04. The van der Waals surface area contributed by atoms with E-state index in [1.54, 1.807) is 12.1 Å². The number of benzene rings is 1. The van der Waals surface area contributed by atoms with Crippen LogP contribution in [0, 0.1) is 5.82 Å². The molecule has 1 aliphatic heterocycles. The fraction of sp³-hybridized carbons (Fsp3) is 0.471. The maximum atomic E-state index is 13.0. The van der Waals surface area contributed by atoms with Crippen LogP contribution in [0.15, 0.2) is 24.3 Å². The Morgan fingerprint density at radius 2 is 2.17 bits per heavy atom. The normalized spacial score (nSPS) is 18.2. The van der Waals surface area contributed by atoms with Gasteiger partial charge in [0.25, 0.3) is 0 Å². The highest BCUT2D eigenvalue weighted by Gasteiger charge is 2.30. The number of aromatic amines is 1. The Bertz CT molecular complexity index is 697. The molecule has 1 amide bonds. The van der Waals surface area contributed by atoms with Crippen molar-refractivity contribution < 1.29 is 9.18 Å². The Hall–Kier alpha value is -2.28. The average Bonchev–Trinajstić information content (AvgIpc) is 3.16. The van der Waals surface area contributed by atoms with Gasteiger partial charge in [-0.25, -0.2) is 9.37 Å². The van der Waals surface area contributed by atoms with Crippen molar-refractivity contribution in [3.05, 3.63) is 35.9 Å². The predicted molar refractivity (Wildman–Crippen MR) is 88.6 cm³/mol. The zero-order valence-electron chi connectivity index (χ0n) is 13.9. The van der Waals surface area contributed by atoms with Crippen LogP contribution in [-0.2, 0) is 4.79 Å².